The third-order valence-electron chi connectivity index (χ3n) is 6.05. The lowest BCUT2D eigenvalue weighted by molar-refractivity contribution is -0.139. The molecule has 0 aliphatic heterocycles. The summed E-state index contributed by atoms with van der Waals surface area (Å²) in [5.41, 5.74) is 2.11. The summed E-state index contributed by atoms with van der Waals surface area (Å²) < 4.78 is 14.5. The standard InChI is InChI=1S/C23H29N3O2/c1-23(2)11-10-21(19(22(23)27-3)14-26-13-12-24-16-26)28-15-18-9-8-17-6-4-5-7-20(17)25-18/h4-9,12-13,16,19,21-22H,10-11,14-15H2,1-3H3/t19-,21-,22-/m1/s1. The van der Waals surface area contributed by atoms with Crippen molar-refractivity contribution in [3.8, 4) is 0 Å². The average Bonchev–Trinajstić information content (AvgIpc) is 3.20. The molecule has 5 heteroatoms. The smallest absolute Gasteiger partial charge is 0.0946 e. The van der Waals surface area contributed by atoms with Gasteiger partial charge in [0, 0.05) is 37.4 Å². The van der Waals surface area contributed by atoms with Gasteiger partial charge in [0.1, 0.15) is 0 Å². The minimum Gasteiger partial charge on any atom is -0.380 e. The Kier molecular flexibility index (Phi) is 5.47. The summed E-state index contributed by atoms with van der Waals surface area (Å²) >= 11 is 0. The van der Waals surface area contributed by atoms with Gasteiger partial charge < -0.3 is 14.0 Å². The van der Waals surface area contributed by atoms with Crippen LogP contribution in [0.4, 0.5) is 0 Å². The van der Waals surface area contributed by atoms with Crippen LogP contribution in [0.5, 0.6) is 0 Å². The summed E-state index contributed by atoms with van der Waals surface area (Å²) in [6, 6.07) is 12.4. The van der Waals surface area contributed by atoms with E-state index in [2.05, 4.69) is 41.6 Å². The first-order valence-corrected chi connectivity index (χ1v) is 10.0. The molecule has 0 bridgehead atoms. The van der Waals surface area contributed by atoms with Gasteiger partial charge in [0.2, 0.25) is 0 Å². The molecule has 0 spiro atoms. The summed E-state index contributed by atoms with van der Waals surface area (Å²) in [5.74, 6) is 0.267. The summed E-state index contributed by atoms with van der Waals surface area (Å²) in [6.07, 6.45) is 8.09. The Balaban J connectivity index is 1.51. The van der Waals surface area contributed by atoms with Gasteiger partial charge in [-0.15, -0.1) is 0 Å². The zero-order valence-electron chi connectivity index (χ0n) is 16.9. The molecule has 1 aliphatic rings. The third kappa shape index (κ3) is 3.96. The molecule has 1 aromatic carbocycles. The van der Waals surface area contributed by atoms with Crippen LogP contribution in [0.3, 0.4) is 0 Å². The van der Waals surface area contributed by atoms with Gasteiger partial charge in [0.05, 0.1) is 36.4 Å². The molecular formula is C23H29N3O2. The van der Waals surface area contributed by atoms with E-state index in [-0.39, 0.29) is 23.5 Å². The Morgan fingerprint density at radius 2 is 2.04 bits per heavy atom. The predicted molar refractivity (Wildman–Crippen MR) is 110 cm³/mol. The monoisotopic (exact) mass is 379 g/mol. The van der Waals surface area contributed by atoms with Crippen molar-refractivity contribution < 1.29 is 9.47 Å². The number of hydrogen-bond acceptors (Lipinski definition) is 4. The Morgan fingerprint density at radius 1 is 1.18 bits per heavy atom. The molecule has 148 valence electrons. The van der Waals surface area contributed by atoms with E-state index in [0.29, 0.717) is 6.61 Å². The average molecular weight is 380 g/mol. The molecule has 0 unspecified atom stereocenters. The highest BCUT2D eigenvalue weighted by Gasteiger charge is 2.45. The SMILES string of the molecule is CO[C@@H]1[C@H](Cn2ccnc2)[C@H](OCc2ccc3ccccc3n2)CCC1(C)C. The normalized spacial score (nSPS) is 24.5. The molecule has 0 saturated heterocycles. The zero-order valence-corrected chi connectivity index (χ0v) is 16.9. The van der Waals surface area contributed by atoms with Gasteiger partial charge in [-0.25, -0.2) is 4.98 Å². The summed E-state index contributed by atoms with van der Waals surface area (Å²) in [6.45, 7) is 5.96. The number of aromatic nitrogens is 3. The van der Waals surface area contributed by atoms with E-state index in [0.717, 1.165) is 36.0 Å². The maximum absolute atomic E-state index is 6.43. The number of fused-ring (bicyclic) bond motifs is 1. The first kappa shape index (κ1) is 19.1. The Morgan fingerprint density at radius 3 is 2.82 bits per heavy atom. The second kappa shape index (κ2) is 8.02. The lowest BCUT2D eigenvalue weighted by Gasteiger charge is -2.47. The fraction of sp³-hybridized carbons (Fsp3) is 0.478. The highest BCUT2D eigenvalue weighted by atomic mass is 16.5. The number of methoxy groups -OCH3 is 1. The van der Waals surface area contributed by atoms with E-state index in [1.165, 1.54) is 0 Å². The lowest BCUT2D eigenvalue weighted by Crippen LogP contribution is -2.50. The number of para-hydroxylation sites is 1. The van der Waals surface area contributed by atoms with E-state index < -0.39 is 0 Å². The lowest BCUT2D eigenvalue weighted by atomic mass is 9.68. The van der Waals surface area contributed by atoms with Gasteiger partial charge in [0.25, 0.3) is 0 Å². The number of imidazole rings is 1. The van der Waals surface area contributed by atoms with E-state index in [1.54, 1.807) is 0 Å². The minimum atomic E-state index is 0.126. The fourth-order valence-electron chi connectivity index (χ4n) is 4.58. The maximum Gasteiger partial charge on any atom is 0.0946 e. The Bertz CT molecular complexity index is 907. The van der Waals surface area contributed by atoms with Crippen molar-refractivity contribution in [3.63, 3.8) is 0 Å². The predicted octanol–water partition coefficient (Wildman–Crippen LogP) is 4.47. The molecule has 28 heavy (non-hydrogen) atoms. The largest absolute Gasteiger partial charge is 0.380 e. The van der Waals surface area contributed by atoms with Gasteiger partial charge in [-0.3, -0.25) is 4.98 Å². The quantitative estimate of drug-likeness (QED) is 0.634. The van der Waals surface area contributed by atoms with Gasteiger partial charge in [-0.2, -0.15) is 0 Å². The molecule has 2 aromatic heterocycles. The molecule has 0 amide bonds. The third-order valence-corrected chi connectivity index (χ3v) is 6.05. The van der Waals surface area contributed by atoms with Crippen LogP contribution in [0.15, 0.2) is 55.1 Å². The minimum absolute atomic E-state index is 0.126. The molecular weight excluding hydrogens is 350 g/mol. The van der Waals surface area contributed by atoms with Gasteiger partial charge >= 0.3 is 0 Å². The number of nitrogens with zero attached hydrogens (tertiary/aromatic N) is 3. The number of hydrogen-bond donors (Lipinski definition) is 0. The molecule has 0 N–H and O–H groups in total. The molecule has 3 atom stereocenters. The van der Waals surface area contributed by atoms with Crippen LogP contribution in [0.1, 0.15) is 32.4 Å². The molecule has 0 radical (unpaired) electrons. The van der Waals surface area contributed by atoms with Crippen molar-refractivity contribution >= 4 is 10.9 Å². The Hall–Kier alpha value is -2.24. The van der Waals surface area contributed by atoms with Crippen molar-refractivity contribution in [1.29, 1.82) is 0 Å². The van der Waals surface area contributed by atoms with Crippen LogP contribution in [0, 0.1) is 11.3 Å². The van der Waals surface area contributed by atoms with Gasteiger partial charge in [-0.1, -0.05) is 38.1 Å². The van der Waals surface area contributed by atoms with Crippen LogP contribution in [0.25, 0.3) is 10.9 Å². The van der Waals surface area contributed by atoms with E-state index >= 15 is 0 Å². The molecule has 2 heterocycles. The molecule has 3 aromatic rings. The van der Waals surface area contributed by atoms with Gasteiger partial charge in [0.15, 0.2) is 0 Å². The van der Waals surface area contributed by atoms with Crippen molar-refractivity contribution in [3.05, 3.63) is 60.8 Å². The molecule has 1 saturated carbocycles. The van der Waals surface area contributed by atoms with E-state index in [4.69, 9.17) is 14.5 Å². The van der Waals surface area contributed by atoms with E-state index in [9.17, 15) is 0 Å². The highest BCUT2D eigenvalue weighted by Crippen LogP contribution is 2.42. The molecule has 4 rings (SSSR count). The number of pyridine rings is 1. The fourth-order valence-corrected chi connectivity index (χ4v) is 4.58. The van der Waals surface area contributed by atoms with Crippen LogP contribution in [-0.4, -0.2) is 33.9 Å². The first-order chi connectivity index (χ1) is 13.6. The van der Waals surface area contributed by atoms with Crippen molar-refractivity contribution in [1.82, 2.24) is 14.5 Å². The maximum atomic E-state index is 6.43. The van der Waals surface area contributed by atoms with E-state index in [1.807, 2.05) is 44.0 Å². The summed E-state index contributed by atoms with van der Waals surface area (Å²) in [4.78, 5) is 8.95. The number of benzene rings is 1. The van der Waals surface area contributed by atoms with Crippen molar-refractivity contribution in [2.75, 3.05) is 7.11 Å². The van der Waals surface area contributed by atoms with Crippen LogP contribution in [-0.2, 0) is 22.6 Å². The highest BCUT2D eigenvalue weighted by molar-refractivity contribution is 5.78. The molecule has 5 nitrogen and oxygen atoms in total. The summed E-state index contributed by atoms with van der Waals surface area (Å²) in [5, 5.41) is 1.16. The first-order valence-electron chi connectivity index (χ1n) is 10.0. The Labute approximate surface area is 166 Å². The zero-order chi connectivity index (χ0) is 19.6. The topological polar surface area (TPSA) is 49.2 Å². The van der Waals surface area contributed by atoms with Crippen molar-refractivity contribution in [2.45, 2.75) is 52.0 Å². The van der Waals surface area contributed by atoms with Crippen LogP contribution < -0.4 is 0 Å². The summed E-state index contributed by atoms with van der Waals surface area (Å²) in [7, 11) is 1.82. The van der Waals surface area contributed by atoms with Crippen molar-refractivity contribution in [2.24, 2.45) is 11.3 Å². The molecule has 1 aliphatic carbocycles. The van der Waals surface area contributed by atoms with Crippen LogP contribution >= 0.6 is 0 Å². The number of ether oxygens (including phenoxy) is 2. The number of rotatable bonds is 6. The van der Waals surface area contributed by atoms with Gasteiger partial charge in [-0.05, 0) is 30.4 Å². The molecule has 1 fully saturated rings. The second-order valence-electron chi connectivity index (χ2n) is 8.45. The van der Waals surface area contributed by atoms with Crippen LogP contribution in [0.2, 0.25) is 0 Å². The second-order valence-corrected chi connectivity index (χ2v) is 8.45.